The molecule has 1 unspecified atom stereocenters. The first kappa shape index (κ1) is 11.9. The van der Waals surface area contributed by atoms with E-state index < -0.39 is 0 Å². The smallest absolute Gasteiger partial charge is 0.132 e. The summed E-state index contributed by atoms with van der Waals surface area (Å²) in [5, 5.41) is 0. The fraction of sp³-hybridized carbons (Fsp3) is 0.636. The van der Waals surface area contributed by atoms with Gasteiger partial charge in [0.15, 0.2) is 0 Å². The second-order valence-electron chi connectivity index (χ2n) is 3.76. The topological polar surface area (TPSA) is 55.0 Å². The van der Waals surface area contributed by atoms with Crippen LogP contribution in [0, 0.1) is 0 Å². The van der Waals surface area contributed by atoms with Crippen LogP contribution in [-0.4, -0.2) is 29.6 Å². The van der Waals surface area contributed by atoms with Crippen molar-refractivity contribution in [1.82, 2.24) is 9.97 Å². The molecule has 0 saturated heterocycles. The van der Waals surface area contributed by atoms with Crippen LogP contribution in [0.15, 0.2) is 12.4 Å². The third-order valence-electron chi connectivity index (χ3n) is 2.68. The Morgan fingerprint density at radius 2 is 2.20 bits per heavy atom. The van der Waals surface area contributed by atoms with Crippen LogP contribution >= 0.6 is 0 Å². The molecule has 1 atom stereocenters. The van der Waals surface area contributed by atoms with E-state index in [1.54, 1.807) is 6.33 Å². The summed E-state index contributed by atoms with van der Waals surface area (Å²) in [5.74, 6) is 0.975. The summed E-state index contributed by atoms with van der Waals surface area (Å²) >= 11 is 0. The van der Waals surface area contributed by atoms with E-state index in [0.29, 0.717) is 12.6 Å². The molecule has 1 rings (SSSR count). The van der Waals surface area contributed by atoms with E-state index in [9.17, 15) is 0 Å². The molecule has 2 N–H and O–H groups in total. The molecule has 0 bridgehead atoms. The zero-order chi connectivity index (χ0) is 11.3. The number of anilines is 1. The molecule has 0 fully saturated rings. The highest BCUT2D eigenvalue weighted by molar-refractivity contribution is 5.38. The summed E-state index contributed by atoms with van der Waals surface area (Å²) in [7, 11) is 2.04. The molecule has 1 aromatic heterocycles. The third kappa shape index (κ3) is 3.16. The quantitative estimate of drug-likeness (QED) is 0.790. The van der Waals surface area contributed by atoms with Crippen molar-refractivity contribution in [2.45, 2.75) is 32.7 Å². The molecule has 84 valence electrons. The highest BCUT2D eigenvalue weighted by Crippen LogP contribution is 2.13. The van der Waals surface area contributed by atoms with Gasteiger partial charge in [0.25, 0.3) is 0 Å². The molecule has 0 aromatic carbocycles. The third-order valence-corrected chi connectivity index (χ3v) is 2.68. The maximum absolute atomic E-state index is 5.54. The minimum Gasteiger partial charge on any atom is -0.357 e. The molecule has 0 aliphatic heterocycles. The largest absolute Gasteiger partial charge is 0.357 e. The molecule has 0 spiro atoms. The van der Waals surface area contributed by atoms with Crippen LogP contribution in [0.25, 0.3) is 0 Å². The van der Waals surface area contributed by atoms with Gasteiger partial charge >= 0.3 is 0 Å². The summed E-state index contributed by atoms with van der Waals surface area (Å²) < 4.78 is 0. The van der Waals surface area contributed by atoms with Gasteiger partial charge in [-0.25, -0.2) is 9.97 Å². The summed E-state index contributed by atoms with van der Waals surface area (Å²) in [5.41, 5.74) is 6.62. The predicted molar refractivity (Wildman–Crippen MR) is 62.9 cm³/mol. The standard InChI is InChI=1S/C11H20N4/c1-4-10-7-11(14-8-13-10)15(3)9(2)5-6-12/h7-9H,4-6,12H2,1-3H3. The zero-order valence-corrected chi connectivity index (χ0v) is 9.77. The minimum absolute atomic E-state index is 0.412. The first-order chi connectivity index (χ1) is 7.19. The number of aromatic nitrogens is 2. The molecular formula is C11H20N4. The lowest BCUT2D eigenvalue weighted by Gasteiger charge is -2.25. The average Bonchev–Trinajstić information content (AvgIpc) is 2.28. The normalized spacial score (nSPS) is 12.5. The van der Waals surface area contributed by atoms with E-state index in [0.717, 1.165) is 24.4 Å². The molecule has 0 aliphatic rings. The van der Waals surface area contributed by atoms with Gasteiger partial charge in [-0.3, -0.25) is 0 Å². The molecule has 15 heavy (non-hydrogen) atoms. The van der Waals surface area contributed by atoms with Crippen molar-refractivity contribution in [3.63, 3.8) is 0 Å². The zero-order valence-electron chi connectivity index (χ0n) is 9.77. The van der Waals surface area contributed by atoms with Crippen LogP contribution in [0.5, 0.6) is 0 Å². The first-order valence-corrected chi connectivity index (χ1v) is 5.42. The summed E-state index contributed by atoms with van der Waals surface area (Å²) in [6, 6.07) is 2.45. The molecular weight excluding hydrogens is 188 g/mol. The van der Waals surface area contributed by atoms with Crippen LogP contribution < -0.4 is 10.6 Å². The van der Waals surface area contributed by atoms with Crippen molar-refractivity contribution >= 4 is 5.82 Å². The Kier molecular flexibility index (Phi) is 4.49. The fourth-order valence-electron chi connectivity index (χ4n) is 1.43. The Morgan fingerprint density at radius 3 is 2.80 bits per heavy atom. The SMILES string of the molecule is CCc1cc(N(C)C(C)CCN)ncn1. The number of hydrogen-bond acceptors (Lipinski definition) is 4. The summed E-state index contributed by atoms with van der Waals surface area (Å²) in [6.45, 7) is 4.95. The molecule has 1 heterocycles. The Balaban J connectivity index is 2.76. The van der Waals surface area contributed by atoms with Gasteiger partial charge in [-0.05, 0) is 26.3 Å². The van der Waals surface area contributed by atoms with E-state index in [1.807, 2.05) is 13.1 Å². The molecule has 0 saturated carbocycles. The van der Waals surface area contributed by atoms with Gasteiger partial charge in [0.1, 0.15) is 12.1 Å². The molecule has 0 aliphatic carbocycles. The minimum atomic E-state index is 0.412. The monoisotopic (exact) mass is 208 g/mol. The van der Waals surface area contributed by atoms with Gasteiger partial charge in [0.2, 0.25) is 0 Å². The Labute approximate surface area is 91.5 Å². The van der Waals surface area contributed by atoms with Crippen LogP contribution in [-0.2, 0) is 6.42 Å². The lowest BCUT2D eigenvalue weighted by Crippen LogP contribution is -2.31. The van der Waals surface area contributed by atoms with E-state index in [1.165, 1.54) is 0 Å². The van der Waals surface area contributed by atoms with Crippen molar-refractivity contribution in [2.24, 2.45) is 5.73 Å². The van der Waals surface area contributed by atoms with Gasteiger partial charge in [-0.2, -0.15) is 0 Å². The van der Waals surface area contributed by atoms with Crippen LogP contribution in [0.1, 0.15) is 26.0 Å². The summed E-state index contributed by atoms with van der Waals surface area (Å²) in [6.07, 6.45) is 3.54. The first-order valence-electron chi connectivity index (χ1n) is 5.42. The maximum Gasteiger partial charge on any atom is 0.132 e. The highest BCUT2D eigenvalue weighted by atomic mass is 15.2. The average molecular weight is 208 g/mol. The van der Waals surface area contributed by atoms with Crippen LogP contribution in [0.3, 0.4) is 0 Å². The number of hydrogen-bond donors (Lipinski definition) is 1. The van der Waals surface area contributed by atoms with E-state index >= 15 is 0 Å². The lowest BCUT2D eigenvalue weighted by atomic mass is 10.2. The van der Waals surface area contributed by atoms with Gasteiger partial charge < -0.3 is 10.6 Å². The fourth-order valence-corrected chi connectivity index (χ4v) is 1.43. The Bertz CT molecular complexity index is 300. The molecule has 0 radical (unpaired) electrons. The molecule has 4 nitrogen and oxygen atoms in total. The lowest BCUT2D eigenvalue weighted by molar-refractivity contribution is 0.628. The van der Waals surface area contributed by atoms with Crippen molar-refractivity contribution in [1.29, 1.82) is 0 Å². The van der Waals surface area contributed by atoms with Gasteiger partial charge in [-0.1, -0.05) is 6.92 Å². The highest BCUT2D eigenvalue weighted by Gasteiger charge is 2.10. The molecule has 0 amide bonds. The van der Waals surface area contributed by atoms with E-state index in [-0.39, 0.29) is 0 Å². The number of nitrogens with zero attached hydrogens (tertiary/aromatic N) is 3. The molecule has 4 heteroatoms. The van der Waals surface area contributed by atoms with Crippen molar-refractivity contribution in [2.75, 3.05) is 18.5 Å². The number of aryl methyl sites for hydroxylation is 1. The Morgan fingerprint density at radius 1 is 1.47 bits per heavy atom. The second-order valence-corrected chi connectivity index (χ2v) is 3.76. The Hall–Kier alpha value is -1.16. The van der Waals surface area contributed by atoms with E-state index in [2.05, 4.69) is 28.7 Å². The van der Waals surface area contributed by atoms with Crippen LogP contribution in [0.2, 0.25) is 0 Å². The van der Waals surface area contributed by atoms with Gasteiger partial charge in [0.05, 0.1) is 0 Å². The van der Waals surface area contributed by atoms with Crippen molar-refractivity contribution in [3.05, 3.63) is 18.1 Å². The number of nitrogens with two attached hydrogens (primary N) is 1. The van der Waals surface area contributed by atoms with Crippen molar-refractivity contribution in [3.8, 4) is 0 Å². The maximum atomic E-state index is 5.54. The second kappa shape index (κ2) is 5.66. The van der Waals surface area contributed by atoms with Crippen LogP contribution in [0.4, 0.5) is 5.82 Å². The van der Waals surface area contributed by atoms with E-state index in [4.69, 9.17) is 5.73 Å². The van der Waals surface area contributed by atoms with Crippen molar-refractivity contribution < 1.29 is 0 Å². The van der Waals surface area contributed by atoms with Gasteiger partial charge in [0, 0.05) is 24.8 Å². The summed E-state index contributed by atoms with van der Waals surface area (Å²) in [4.78, 5) is 10.6. The number of rotatable bonds is 5. The molecule has 1 aromatic rings. The van der Waals surface area contributed by atoms with Gasteiger partial charge in [-0.15, -0.1) is 0 Å². The predicted octanol–water partition coefficient (Wildman–Crippen LogP) is 1.21.